The van der Waals surface area contributed by atoms with Crippen molar-refractivity contribution in [3.05, 3.63) is 0 Å². The van der Waals surface area contributed by atoms with E-state index in [0.717, 1.165) is 17.9 Å². The Bertz CT molecular complexity index is 223. The highest BCUT2D eigenvalue weighted by molar-refractivity contribution is 7.99. The molecule has 0 radical (unpaired) electrons. The van der Waals surface area contributed by atoms with Crippen LogP contribution in [0, 0.1) is 0 Å². The molecule has 88 valence electrons. The molecule has 0 saturated carbocycles. The van der Waals surface area contributed by atoms with Crippen LogP contribution in [0.25, 0.3) is 0 Å². The van der Waals surface area contributed by atoms with Crippen molar-refractivity contribution in [2.45, 2.75) is 52.4 Å². The van der Waals surface area contributed by atoms with E-state index >= 15 is 0 Å². The third-order valence-corrected chi connectivity index (χ3v) is 3.95. The average molecular weight is 230 g/mol. The number of carbonyl (C=O) groups excluding carboxylic acids is 1. The molecule has 1 heterocycles. The Morgan fingerprint density at radius 2 is 2.20 bits per heavy atom. The molecule has 1 aliphatic heterocycles. The summed E-state index contributed by atoms with van der Waals surface area (Å²) in [6, 6.07) is 0.328. The molecular formula is C11H22N2OS. The third kappa shape index (κ3) is 2.88. The molecule has 3 atom stereocenters. The van der Waals surface area contributed by atoms with E-state index in [2.05, 4.69) is 26.1 Å². The van der Waals surface area contributed by atoms with Gasteiger partial charge in [0.1, 0.15) is 0 Å². The molecule has 0 bridgehead atoms. The second-order valence-corrected chi connectivity index (χ2v) is 5.39. The topological polar surface area (TPSA) is 32.3 Å². The monoisotopic (exact) mass is 230 g/mol. The summed E-state index contributed by atoms with van der Waals surface area (Å²) in [4.78, 5) is 14.0. The van der Waals surface area contributed by atoms with Crippen LogP contribution in [0.1, 0.15) is 34.1 Å². The van der Waals surface area contributed by atoms with Crippen molar-refractivity contribution in [3.8, 4) is 0 Å². The maximum atomic E-state index is 11.9. The van der Waals surface area contributed by atoms with E-state index in [1.807, 2.05) is 23.6 Å². The first-order chi connectivity index (χ1) is 7.11. The number of carbonyl (C=O) groups is 1. The van der Waals surface area contributed by atoms with Crippen LogP contribution in [0.2, 0.25) is 0 Å². The van der Waals surface area contributed by atoms with Gasteiger partial charge in [0.2, 0.25) is 5.91 Å². The van der Waals surface area contributed by atoms with Gasteiger partial charge >= 0.3 is 0 Å². The summed E-state index contributed by atoms with van der Waals surface area (Å²) in [5.41, 5.74) is 0. The molecule has 0 aromatic carbocycles. The first-order valence-corrected chi connectivity index (χ1v) is 6.93. The molecule has 0 spiro atoms. The fraction of sp³-hybridized carbons (Fsp3) is 0.909. The summed E-state index contributed by atoms with van der Waals surface area (Å²) in [6.45, 7) is 8.37. The zero-order chi connectivity index (χ0) is 11.4. The molecule has 4 heteroatoms. The van der Waals surface area contributed by atoms with E-state index in [1.54, 1.807) is 0 Å². The Balaban J connectivity index is 2.60. The number of thioether (sulfide) groups is 1. The first-order valence-electron chi connectivity index (χ1n) is 5.77. The lowest BCUT2D eigenvalue weighted by molar-refractivity contribution is -0.131. The molecular weight excluding hydrogens is 208 g/mol. The molecule has 0 aromatic heterocycles. The van der Waals surface area contributed by atoms with E-state index in [4.69, 9.17) is 0 Å². The van der Waals surface area contributed by atoms with Crippen molar-refractivity contribution < 1.29 is 4.79 Å². The normalized spacial score (nSPS) is 28.5. The molecule has 0 aliphatic carbocycles. The number of rotatable bonds is 5. The Morgan fingerprint density at radius 3 is 2.73 bits per heavy atom. The van der Waals surface area contributed by atoms with Crippen LogP contribution in [0.5, 0.6) is 0 Å². The second-order valence-electron chi connectivity index (χ2n) is 4.07. The Hall–Kier alpha value is -0.220. The number of nitrogens with zero attached hydrogens (tertiary/aromatic N) is 1. The van der Waals surface area contributed by atoms with Gasteiger partial charge in [-0.3, -0.25) is 10.1 Å². The van der Waals surface area contributed by atoms with Crippen LogP contribution in [-0.2, 0) is 4.79 Å². The van der Waals surface area contributed by atoms with E-state index in [1.165, 1.54) is 0 Å². The SMILES string of the molecule is CCSCC(C)N1C(=O)C(C)NC1CC. The highest BCUT2D eigenvalue weighted by atomic mass is 32.2. The van der Waals surface area contributed by atoms with Crippen LogP contribution in [0.15, 0.2) is 0 Å². The van der Waals surface area contributed by atoms with Gasteiger partial charge in [-0.15, -0.1) is 0 Å². The third-order valence-electron chi connectivity index (χ3n) is 2.83. The maximum absolute atomic E-state index is 11.9. The molecule has 1 saturated heterocycles. The van der Waals surface area contributed by atoms with E-state index in [-0.39, 0.29) is 18.1 Å². The first kappa shape index (κ1) is 12.8. The smallest absolute Gasteiger partial charge is 0.240 e. The lowest BCUT2D eigenvalue weighted by Crippen LogP contribution is -2.44. The summed E-state index contributed by atoms with van der Waals surface area (Å²) in [7, 11) is 0. The lowest BCUT2D eigenvalue weighted by Gasteiger charge is -2.29. The highest BCUT2D eigenvalue weighted by Crippen LogP contribution is 2.19. The Labute approximate surface area is 97.0 Å². The van der Waals surface area contributed by atoms with Crippen molar-refractivity contribution in [1.82, 2.24) is 10.2 Å². The number of hydrogen-bond acceptors (Lipinski definition) is 3. The molecule has 0 aromatic rings. The average Bonchev–Trinajstić information content (AvgIpc) is 2.51. The van der Waals surface area contributed by atoms with Crippen molar-refractivity contribution >= 4 is 17.7 Å². The van der Waals surface area contributed by atoms with Gasteiger partial charge < -0.3 is 4.90 Å². The van der Waals surface area contributed by atoms with Crippen LogP contribution in [0.4, 0.5) is 0 Å². The quantitative estimate of drug-likeness (QED) is 0.780. The van der Waals surface area contributed by atoms with Gasteiger partial charge in [-0.2, -0.15) is 11.8 Å². The molecule has 15 heavy (non-hydrogen) atoms. The minimum atomic E-state index is -0.0102. The number of nitrogens with one attached hydrogen (secondary N) is 1. The van der Waals surface area contributed by atoms with Crippen molar-refractivity contribution in [2.75, 3.05) is 11.5 Å². The summed E-state index contributed by atoms with van der Waals surface area (Å²) < 4.78 is 0. The summed E-state index contributed by atoms with van der Waals surface area (Å²) in [5.74, 6) is 2.41. The van der Waals surface area contributed by atoms with Crippen LogP contribution < -0.4 is 5.32 Å². The van der Waals surface area contributed by atoms with Crippen molar-refractivity contribution in [3.63, 3.8) is 0 Å². The summed E-state index contributed by atoms with van der Waals surface area (Å²) in [6.07, 6.45) is 1.22. The van der Waals surface area contributed by atoms with Crippen molar-refractivity contribution in [1.29, 1.82) is 0 Å². The van der Waals surface area contributed by atoms with Gasteiger partial charge in [-0.1, -0.05) is 13.8 Å². The molecule has 1 amide bonds. The molecule has 1 rings (SSSR count). The van der Waals surface area contributed by atoms with Gasteiger partial charge in [0.15, 0.2) is 0 Å². The lowest BCUT2D eigenvalue weighted by atomic mass is 10.2. The predicted octanol–water partition coefficient (Wildman–Crippen LogP) is 1.68. The van der Waals surface area contributed by atoms with Gasteiger partial charge in [-0.05, 0) is 26.0 Å². The minimum absolute atomic E-state index is 0.0102. The highest BCUT2D eigenvalue weighted by Gasteiger charge is 2.37. The molecule has 1 aliphatic rings. The molecule has 3 unspecified atom stereocenters. The maximum Gasteiger partial charge on any atom is 0.240 e. The van der Waals surface area contributed by atoms with Gasteiger partial charge in [0.05, 0.1) is 12.2 Å². The molecule has 1 N–H and O–H groups in total. The van der Waals surface area contributed by atoms with E-state index < -0.39 is 0 Å². The molecule has 3 nitrogen and oxygen atoms in total. The van der Waals surface area contributed by atoms with Crippen LogP contribution in [0.3, 0.4) is 0 Å². The van der Waals surface area contributed by atoms with E-state index in [0.29, 0.717) is 6.04 Å². The Morgan fingerprint density at radius 1 is 1.53 bits per heavy atom. The van der Waals surface area contributed by atoms with E-state index in [9.17, 15) is 4.79 Å². The number of hydrogen-bond donors (Lipinski definition) is 1. The Kier molecular flexibility index (Phi) is 4.93. The fourth-order valence-electron chi connectivity index (χ4n) is 2.03. The second kappa shape index (κ2) is 5.75. The van der Waals surface area contributed by atoms with Crippen LogP contribution >= 0.6 is 11.8 Å². The summed E-state index contributed by atoms with van der Waals surface area (Å²) >= 11 is 1.90. The van der Waals surface area contributed by atoms with Crippen LogP contribution in [-0.4, -0.2) is 40.6 Å². The van der Waals surface area contributed by atoms with Gasteiger partial charge in [0.25, 0.3) is 0 Å². The number of amides is 1. The van der Waals surface area contributed by atoms with Crippen molar-refractivity contribution in [2.24, 2.45) is 0 Å². The zero-order valence-electron chi connectivity index (χ0n) is 10.1. The van der Waals surface area contributed by atoms with Gasteiger partial charge in [0, 0.05) is 11.8 Å². The van der Waals surface area contributed by atoms with Gasteiger partial charge in [-0.25, -0.2) is 0 Å². The predicted molar refractivity (Wildman–Crippen MR) is 66.0 cm³/mol. The summed E-state index contributed by atoms with van der Waals surface area (Å²) in [5, 5.41) is 3.33. The standard InChI is InChI=1S/C11H22N2OS/c1-5-10-12-9(4)11(14)13(10)8(3)7-15-6-2/h8-10,12H,5-7H2,1-4H3. The fourth-order valence-corrected chi connectivity index (χ4v) is 2.76. The zero-order valence-corrected chi connectivity index (χ0v) is 10.9. The molecule has 1 fully saturated rings. The minimum Gasteiger partial charge on any atom is -0.322 e. The largest absolute Gasteiger partial charge is 0.322 e.